The lowest BCUT2D eigenvalue weighted by molar-refractivity contribution is 0.0994. The number of hydrogen-bond donors (Lipinski definition) is 1. The van der Waals surface area contributed by atoms with Crippen LogP contribution >= 0.6 is 0 Å². The van der Waals surface area contributed by atoms with Crippen LogP contribution in [0.15, 0.2) is 59.8 Å². The average Bonchev–Trinajstić information content (AvgIpc) is 2.90. The first-order valence-electron chi connectivity index (χ1n) is 7.45. The number of benzene rings is 1. The van der Waals surface area contributed by atoms with Gasteiger partial charge in [0, 0.05) is 17.8 Å². The van der Waals surface area contributed by atoms with Crippen molar-refractivity contribution in [1.29, 1.82) is 0 Å². The fourth-order valence-electron chi connectivity index (χ4n) is 3.12. The smallest absolute Gasteiger partial charge is 0.279 e. The van der Waals surface area contributed by atoms with Gasteiger partial charge in [-0.15, -0.1) is 0 Å². The second-order valence-corrected chi connectivity index (χ2v) is 5.59. The number of carbonyl (C=O) groups is 1. The highest BCUT2D eigenvalue weighted by molar-refractivity contribution is 5.98. The van der Waals surface area contributed by atoms with Crippen LogP contribution < -0.4 is 11.3 Å². The van der Waals surface area contributed by atoms with E-state index in [9.17, 15) is 9.59 Å². The second kappa shape index (κ2) is 5.06. The van der Waals surface area contributed by atoms with Gasteiger partial charge in [0.1, 0.15) is 11.2 Å². The van der Waals surface area contributed by atoms with Crippen LogP contribution in [0.2, 0.25) is 0 Å². The monoisotopic (exact) mass is 318 g/mol. The molecule has 118 valence electrons. The molecule has 0 bridgehead atoms. The minimum absolute atomic E-state index is 0.221. The molecule has 0 aliphatic carbocycles. The highest BCUT2D eigenvalue weighted by atomic mass is 16.1. The quantitative estimate of drug-likeness (QED) is 0.614. The number of aromatic nitrogens is 3. The van der Waals surface area contributed by atoms with Crippen molar-refractivity contribution in [3.8, 4) is 5.69 Å². The van der Waals surface area contributed by atoms with E-state index in [0.717, 1.165) is 16.5 Å². The number of amides is 1. The van der Waals surface area contributed by atoms with Gasteiger partial charge >= 0.3 is 0 Å². The summed E-state index contributed by atoms with van der Waals surface area (Å²) in [7, 11) is 0. The lowest BCUT2D eigenvalue weighted by atomic mass is 10.2. The van der Waals surface area contributed by atoms with Gasteiger partial charge in [-0.3, -0.25) is 23.5 Å². The predicted molar refractivity (Wildman–Crippen MR) is 91.5 cm³/mol. The molecule has 1 aromatic carbocycles. The molecule has 0 aliphatic heterocycles. The number of nitrogens with two attached hydrogens (primary N) is 1. The van der Waals surface area contributed by atoms with Crippen LogP contribution in [0, 0.1) is 6.92 Å². The Morgan fingerprint density at radius 2 is 1.96 bits per heavy atom. The van der Waals surface area contributed by atoms with E-state index in [1.165, 1.54) is 10.8 Å². The molecule has 3 heterocycles. The molecule has 0 saturated heterocycles. The van der Waals surface area contributed by atoms with Crippen molar-refractivity contribution in [3.63, 3.8) is 0 Å². The summed E-state index contributed by atoms with van der Waals surface area (Å²) < 4.78 is 3.05. The van der Waals surface area contributed by atoms with Gasteiger partial charge < -0.3 is 5.73 Å². The number of rotatable bonds is 2. The minimum Gasteiger partial charge on any atom is -0.364 e. The molecule has 6 nitrogen and oxygen atoms in total. The van der Waals surface area contributed by atoms with Crippen molar-refractivity contribution in [3.05, 3.63) is 76.6 Å². The van der Waals surface area contributed by atoms with E-state index in [0.29, 0.717) is 11.2 Å². The largest absolute Gasteiger partial charge is 0.364 e. The Bertz CT molecular complexity index is 1160. The molecular weight excluding hydrogens is 304 g/mol. The predicted octanol–water partition coefficient (Wildman–Crippen LogP) is 2.05. The number of primary amides is 1. The molecule has 24 heavy (non-hydrogen) atoms. The summed E-state index contributed by atoms with van der Waals surface area (Å²) in [6.07, 6.45) is 4.67. The molecule has 3 aromatic heterocycles. The molecular formula is C18H14N4O2. The Hall–Kier alpha value is -3.41. The zero-order chi connectivity index (χ0) is 16.8. The lowest BCUT2D eigenvalue weighted by Crippen LogP contribution is -2.26. The van der Waals surface area contributed by atoms with Crippen molar-refractivity contribution < 1.29 is 4.79 Å². The molecule has 4 aromatic rings. The molecule has 0 saturated carbocycles. The summed E-state index contributed by atoms with van der Waals surface area (Å²) in [4.78, 5) is 29.1. The van der Waals surface area contributed by atoms with Crippen LogP contribution in [-0.2, 0) is 0 Å². The number of fused-ring (bicyclic) bond motifs is 3. The van der Waals surface area contributed by atoms with Gasteiger partial charge in [0.25, 0.3) is 11.5 Å². The average molecular weight is 318 g/mol. The van der Waals surface area contributed by atoms with E-state index in [4.69, 9.17) is 5.73 Å². The number of hydrogen-bond acceptors (Lipinski definition) is 3. The van der Waals surface area contributed by atoms with Crippen LogP contribution in [0.1, 0.15) is 16.1 Å². The topological polar surface area (TPSA) is 82.4 Å². The molecule has 0 radical (unpaired) electrons. The molecule has 0 fully saturated rings. The Morgan fingerprint density at radius 1 is 1.17 bits per heavy atom. The molecule has 0 atom stereocenters. The molecule has 2 N–H and O–H groups in total. The second-order valence-electron chi connectivity index (χ2n) is 5.59. The Labute approximate surface area is 136 Å². The number of pyridine rings is 1. The Balaban J connectivity index is 2.26. The van der Waals surface area contributed by atoms with Crippen molar-refractivity contribution >= 4 is 22.3 Å². The lowest BCUT2D eigenvalue weighted by Gasteiger charge is -2.10. The fourth-order valence-corrected chi connectivity index (χ4v) is 3.12. The van der Waals surface area contributed by atoms with E-state index in [1.54, 1.807) is 28.9 Å². The van der Waals surface area contributed by atoms with E-state index in [1.807, 2.05) is 31.2 Å². The van der Waals surface area contributed by atoms with Gasteiger partial charge in [0.2, 0.25) is 0 Å². The Kier molecular flexibility index (Phi) is 2.99. The van der Waals surface area contributed by atoms with E-state index in [2.05, 4.69) is 4.98 Å². The summed E-state index contributed by atoms with van der Waals surface area (Å²) in [5.74, 6) is -0.599. The van der Waals surface area contributed by atoms with Gasteiger partial charge in [0.05, 0.1) is 17.4 Å². The van der Waals surface area contributed by atoms with Gasteiger partial charge in [-0.2, -0.15) is 0 Å². The Morgan fingerprint density at radius 3 is 2.67 bits per heavy atom. The number of para-hydroxylation sites is 1. The zero-order valence-electron chi connectivity index (χ0n) is 12.9. The third kappa shape index (κ3) is 1.86. The van der Waals surface area contributed by atoms with Gasteiger partial charge in [-0.05, 0) is 30.7 Å². The van der Waals surface area contributed by atoms with Crippen molar-refractivity contribution in [2.24, 2.45) is 5.73 Å². The number of aryl methyl sites for hydroxylation is 1. The normalized spacial score (nSPS) is 11.2. The third-order valence-corrected chi connectivity index (χ3v) is 4.22. The summed E-state index contributed by atoms with van der Waals surface area (Å²) >= 11 is 0. The maximum atomic E-state index is 13.1. The van der Waals surface area contributed by atoms with Gasteiger partial charge in [-0.25, -0.2) is 0 Å². The van der Waals surface area contributed by atoms with Crippen LogP contribution in [0.3, 0.4) is 0 Å². The van der Waals surface area contributed by atoms with Crippen molar-refractivity contribution in [2.45, 2.75) is 6.92 Å². The van der Waals surface area contributed by atoms with E-state index in [-0.39, 0.29) is 11.3 Å². The van der Waals surface area contributed by atoms with Crippen molar-refractivity contribution in [1.82, 2.24) is 14.0 Å². The minimum atomic E-state index is -0.599. The fraction of sp³-hybridized carbons (Fsp3) is 0.0556. The standard InChI is InChI=1S/C18H14N4O2/c1-11-13-6-2-3-7-14(13)22-15(17(19)23)10-21(18(24)16(11)22)12-5-4-8-20-9-12/h2-10H,1H3,(H2,19,23). The maximum absolute atomic E-state index is 13.1. The third-order valence-electron chi connectivity index (χ3n) is 4.22. The van der Waals surface area contributed by atoms with Crippen LogP contribution in [0.4, 0.5) is 0 Å². The van der Waals surface area contributed by atoms with Crippen molar-refractivity contribution in [2.75, 3.05) is 0 Å². The maximum Gasteiger partial charge on any atom is 0.279 e. The number of carbonyl (C=O) groups excluding carboxylic acids is 1. The van der Waals surface area contributed by atoms with Crippen LogP contribution in [0.5, 0.6) is 0 Å². The summed E-state index contributed by atoms with van der Waals surface area (Å²) in [6.45, 7) is 1.87. The van der Waals surface area contributed by atoms with Crippen LogP contribution in [0.25, 0.3) is 22.1 Å². The molecule has 0 unspecified atom stereocenters. The SMILES string of the molecule is Cc1c2ccccc2n2c(C(N)=O)cn(-c3cccnc3)c(=O)c12. The first-order valence-corrected chi connectivity index (χ1v) is 7.45. The summed E-state index contributed by atoms with van der Waals surface area (Å²) in [5, 5.41) is 0.918. The van der Waals surface area contributed by atoms with Crippen LogP contribution in [-0.4, -0.2) is 19.9 Å². The van der Waals surface area contributed by atoms with E-state index >= 15 is 0 Å². The summed E-state index contributed by atoms with van der Waals surface area (Å²) in [5.41, 5.74) is 8.24. The zero-order valence-corrected chi connectivity index (χ0v) is 12.9. The first-order chi connectivity index (χ1) is 11.6. The van der Waals surface area contributed by atoms with Gasteiger partial charge in [0.15, 0.2) is 0 Å². The molecule has 6 heteroatoms. The molecule has 0 aliphatic rings. The summed E-state index contributed by atoms with van der Waals surface area (Å²) in [6, 6.07) is 11.1. The molecule has 0 spiro atoms. The highest BCUT2D eigenvalue weighted by Gasteiger charge is 2.19. The van der Waals surface area contributed by atoms with E-state index < -0.39 is 5.91 Å². The molecule has 1 amide bonds. The first kappa shape index (κ1) is 14.2. The molecule has 4 rings (SSSR count). The number of nitrogens with zero attached hydrogens (tertiary/aromatic N) is 3. The van der Waals surface area contributed by atoms with Gasteiger partial charge in [-0.1, -0.05) is 18.2 Å². The highest BCUT2D eigenvalue weighted by Crippen LogP contribution is 2.25.